The maximum atomic E-state index is 11.5. The molecule has 1 atom stereocenters. The number of fused-ring (bicyclic) bond motifs is 1. The van der Waals surface area contributed by atoms with Gasteiger partial charge in [0.05, 0.1) is 6.61 Å². The van der Waals surface area contributed by atoms with Crippen LogP contribution >= 0.6 is 8.25 Å². The minimum Gasteiger partial charge on any atom is -0.504 e. The molecule has 3 rings (SSSR count). The Bertz CT molecular complexity index is 855. The van der Waals surface area contributed by atoms with Gasteiger partial charge in [-0.05, 0) is 41.0 Å². The van der Waals surface area contributed by atoms with Gasteiger partial charge in [0.2, 0.25) is 0 Å². The molecule has 4 nitrogen and oxygen atoms in total. The largest absolute Gasteiger partial charge is 0.504 e. The van der Waals surface area contributed by atoms with E-state index >= 15 is 0 Å². The summed E-state index contributed by atoms with van der Waals surface area (Å²) in [6, 6.07) is 19.1. The van der Waals surface area contributed by atoms with Gasteiger partial charge in [-0.3, -0.25) is 0 Å². The summed E-state index contributed by atoms with van der Waals surface area (Å²) in [6.45, 7) is 2.03. The summed E-state index contributed by atoms with van der Waals surface area (Å²) in [5.74, 6) is 0.0970. The molecule has 118 valence electrons. The summed E-state index contributed by atoms with van der Waals surface area (Å²) in [6.07, 6.45) is 0. The van der Waals surface area contributed by atoms with E-state index in [4.69, 9.17) is 9.05 Å². The Hall–Kier alpha value is -2.29. The number of hydrogen-bond donors (Lipinski definition) is 1. The molecule has 0 fully saturated rings. The standard InChI is InChI=1S/C18H17O4P/c1-2-21-23(20)22-18-11-10-14(12-17(18)19)16-9-5-7-13-6-3-4-8-15(13)16/h3-12,19,23H,2H2,1H3. The highest BCUT2D eigenvalue weighted by molar-refractivity contribution is 7.33. The first kappa shape index (κ1) is 15.6. The molecular formula is C18H17O4P. The quantitative estimate of drug-likeness (QED) is 0.668. The van der Waals surface area contributed by atoms with Crippen LogP contribution in [0.3, 0.4) is 0 Å². The van der Waals surface area contributed by atoms with Crippen LogP contribution in [0.4, 0.5) is 0 Å². The van der Waals surface area contributed by atoms with Crippen LogP contribution in [0.1, 0.15) is 6.92 Å². The van der Waals surface area contributed by atoms with Crippen molar-refractivity contribution in [2.75, 3.05) is 6.61 Å². The number of hydrogen-bond acceptors (Lipinski definition) is 4. The van der Waals surface area contributed by atoms with Crippen LogP contribution < -0.4 is 4.52 Å². The van der Waals surface area contributed by atoms with E-state index in [0.29, 0.717) is 6.61 Å². The number of phenolic OH excluding ortho intramolecular Hbond substituents is 1. The van der Waals surface area contributed by atoms with E-state index in [1.54, 1.807) is 19.1 Å². The Morgan fingerprint density at radius 2 is 1.83 bits per heavy atom. The predicted octanol–water partition coefficient (Wildman–Crippen LogP) is 5.02. The topological polar surface area (TPSA) is 55.8 Å². The Morgan fingerprint density at radius 3 is 2.61 bits per heavy atom. The average molecular weight is 328 g/mol. The first-order valence-electron chi connectivity index (χ1n) is 7.35. The SMILES string of the molecule is CCO[PH](=O)Oc1ccc(-c2cccc3ccccc23)cc1O. The Morgan fingerprint density at radius 1 is 1.04 bits per heavy atom. The van der Waals surface area contributed by atoms with Crippen LogP contribution in [0.2, 0.25) is 0 Å². The van der Waals surface area contributed by atoms with Gasteiger partial charge in [-0.2, -0.15) is 0 Å². The zero-order valence-electron chi connectivity index (χ0n) is 12.7. The molecule has 0 aliphatic heterocycles. The third-order valence-corrected chi connectivity index (χ3v) is 4.43. The minimum absolute atomic E-state index is 0.0616. The molecule has 0 aliphatic rings. The third kappa shape index (κ3) is 3.39. The second-order valence-corrected chi connectivity index (χ2v) is 5.99. The highest BCUT2D eigenvalue weighted by Crippen LogP contribution is 2.38. The van der Waals surface area contributed by atoms with Crippen molar-refractivity contribution >= 4 is 19.0 Å². The van der Waals surface area contributed by atoms with Gasteiger partial charge in [0.25, 0.3) is 0 Å². The van der Waals surface area contributed by atoms with Gasteiger partial charge in [-0.1, -0.05) is 48.5 Å². The van der Waals surface area contributed by atoms with E-state index in [1.165, 1.54) is 0 Å². The third-order valence-electron chi connectivity index (χ3n) is 3.52. The molecule has 0 saturated heterocycles. The van der Waals surface area contributed by atoms with Gasteiger partial charge < -0.3 is 14.2 Å². The van der Waals surface area contributed by atoms with Gasteiger partial charge in [-0.25, -0.2) is 4.57 Å². The Labute approximate surface area is 135 Å². The molecule has 3 aromatic rings. The molecule has 5 heteroatoms. The van der Waals surface area contributed by atoms with E-state index in [1.807, 2.05) is 48.5 Å². The minimum atomic E-state index is -2.64. The summed E-state index contributed by atoms with van der Waals surface area (Å²) in [4.78, 5) is 0. The van der Waals surface area contributed by atoms with E-state index in [0.717, 1.165) is 21.9 Å². The lowest BCUT2D eigenvalue weighted by molar-refractivity contribution is 0.298. The number of benzene rings is 3. The molecule has 3 aromatic carbocycles. The van der Waals surface area contributed by atoms with Crippen LogP contribution in [0, 0.1) is 0 Å². The first-order valence-corrected chi connectivity index (χ1v) is 8.57. The van der Waals surface area contributed by atoms with E-state index in [-0.39, 0.29) is 11.5 Å². The first-order chi connectivity index (χ1) is 11.2. The maximum Gasteiger partial charge on any atom is 0.367 e. The fourth-order valence-electron chi connectivity index (χ4n) is 2.49. The van der Waals surface area contributed by atoms with Gasteiger partial charge in [0, 0.05) is 0 Å². The van der Waals surface area contributed by atoms with Crippen molar-refractivity contribution in [1.29, 1.82) is 0 Å². The highest BCUT2D eigenvalue weighted by atomic mass is 31.1. The molecule has 0 aromatic heterocycles. The maximum absolute atomic E-state index is 11.5. The highest BCUT2D eigenvalue weighted by Gasteiger charge is 2.10. The lowest BCUT2D eigenvalue weighted by Gasteiger charge is -2.11. The van der Waals surface area contributed by atoms with Gasteiger partial charge in [0.1, 0.15) is 0 Å². The summed E-state index contributed by atoms with van der Waals surface area (Å²) in [5.41, 5.74) is 1.88. The average Bonchev–Trinajstić information content (AvgIpc) is 2.56. The Balaban J connectivity index is 1.98. The van der Waals surface area contributed by atoms with Crippen LogP contribution in [-0.2, 0) is 9.09 Å². The molecule has 23 heavy (non-hydrogen) atoms. The van der Waals surface area contributed by atoms with Gasteiger partial charge >= 0.3 is 8.25 Å². The molecule has 0 radical (unpaired) electrons. The molecule has 0 aliphatic carbocycles. The van der Waals surface area contributed by atoms with Gasteiger partial charge in [0.15, 0.2) is 11.5 Å². The van der Waals surface area contributed by atoms with Crippen LogP contribution in [0.5, 0.6) is 11.5 Å². The molecule has 0 spiro atoms. The van der Waals surface area contributed by atoms with Crippen LogP contribution in [-0.4, -0.2) is 11.7 Å². The summed E-state index contributed by atoms with van der Waals surface area (Å²) < 4.78 is 21.5. The summed E-state index contributed by atoms with van der Waals surface area (Å²) in [7, 11) is -2.64. The molecule has 0 heterocycles. The van der Waals surface area contributed by atoms with E-state index < -0.39 is 8.25 Å². The molecule has 0 bridgehead atoms. The van der Waals surface area contributed by atoms with Crippen molar-refractivity contribution in [3.05, 3.63) is 60.7 Å². The molecule has 1 N–H and O–H groups in total. The number of phenols is 1. The lowest BCUT2D eigenvalue weighted by atomic mass is 9.98. The molecule has 0 saturated carbocycles. The lowest BCUT2D eigenvalue weighted by Crippen LogP contribution is -1.88. The molecular weight excluding hydrogens is 311 g/mol. The number of aromatic hydroxyl groups is 1. The van der Waals surface area contributed by atoms with E-state index in [2.05, 4.69) is 0 Å². The van der Waals surface area contributed by atoms with Crippen LogP contribution in [0.15, 0.2) is 60.7 Å². The zero-order valence-corrected chi connectivity index (χ0v) is 13.7. The monoisotopic (exact) mass is 328 g/mol. The van der Waals surface area contributed by atoms with Crippen molar-refractivity contribution < 1.29 is 18.7 Å². The van der Waals surface area contributed by atoms with Crippen molar-refractivity contribution in [1.82, 2.24) is 0 Å². The fraction of sp³-hybridized carbons (Fsp3) is 0.111. The Kier molecular flexibility index (Phi) is 4.65. The smallest absolute Gasteiger partial charge is 0.367 e. The van der Waals surface area contributed by atoms with Crippen molar-refractivity contribution in [3.63, 3.8) is 0 Å². The van der Waals surface area contributed by atoms with Crippen LogP contribution in [0.25, 0.3) is 21.9 Å². The molecule has 1 unspecified atom stereocenters. The fourth-order valence-corrected chi connectivity index (χ4v) is 3.13. The predicted molar refractivity (Wildman–Crippen MR) is 92.3 cm³/mol. The summed E-state index contributed by atoms with van der Waals surface area (Å²) >= 11 is 0. The zero-order chi connectivity index (χ0) is 16.2. The van der Waals surface area contributed by atoms with Crippen molar-refractivity contribution in [2.45, 2.75) is 6.92 Å². The number of rotatable bonds is 5. The second kappa shape index (κ2) is 6.86. The molecule has 0 amide bonds. The summed E-state index contributed by atoms with van der Waals surface area (Å²) in [5, 5.41) is 12.4. The van der Waals surface area contributed by atoms with Gasteiger partial charge in [-0.15, -0.1) is 0 Å². The van der Waals surface area contributed by atoms with Crippen molar-refractivity contribution in [3.8, 4) is 22.6 Å². The van der Waals surface area contributed by atoms with Crippen molar-refractivity contribution in [2.24, 2.45) is 0 Å². The second-order valence-electron chi connectivity index (χ2n) is 4.99. The normalized spacial score (nSPS) is 12.2. The van der Waals surface area contributed by atoms with E-state index in [9.17, 15) is 9.67 Å².